The summed E-state index contributed by atoms with van der Waals surface area (Å²) in [5.41, 5.74) is 6.20. The molecule has 2 fully saturated rings. The molecular weight excluding hydrogens is 362 g/mol. The summed E-state index contributed by atoms with van der Waals surface area (Å²) in [7, 11) is 1.78. The second-order valence-electron chi connectivity index (χ2n) is 9.73. The van der Waals surface area contributed by atoms with Gasteiger partial charge in [0.2, 0.25) is 5.91 Å². The van der Waals surface area contributed by atoms with E-state index in [0.717, 1.165) is 31.8 Å². The third-order valence-corrected chi connectivity index (χ3v) is 7.64. The second-order valence-corrected chi connectivity index (χ2v) is 9.73. The van der Waals surface area contributed by atoms with Gasteiger partial charge in [-0.25, -0.2) is 4.99 Å². The van der Waals surface area contributed by atoms with E-state index in [1.807, 2.05) is 0 Å². The van der Waals surface area contributed by atoms with E-state index in [-0.39, 0.29) is 11.9 Å². The number of aliphatic imine (C=N–C) groups is 1. The molecule has 5 heteroatoms. The first kappa shape index (κ1) is 22.6. The number of hydrogen-bond acceptors (Lipinski definition) is 4. The van der Waals surface area contributed by atoms with Crippen molar-refractivity contribution < 1.29 is 9.53 Å². The predicted octanol–water partition coefficient (Wildman–Crippen LogP) is 4.88. The maximum absolute atomic E-state index is 12.8. The molecule has 4 atom stereocenters. The molecule has 2 saturated carbocycles. The number of amides is 1. The normalized spacial score (nSPS) is 32.1. The van der Waals surface area contributed by atoms with Gasteiger partial charge >= 0.3 is 0 Å². The van der Waals surface area contributed by atoms with Crippen LogP contribution in [0.5, 0.6) is 0 Å². The van der Waals surface area contributed by atoms with Crippen LogP contribution in [0, 0.1) is 17.8 Å². The summed E-state index contributed by atoms with van der Waals surface area (Å²) in [6, 6.07) is 0.185. The molecular formula is C24H43N3O2. The molecule has 0 radical (unpaired) electrons. The van der Waals surface area contributed by atoms with Gasteiger partial charge in [0.15, 0.2) is 5.96 Å². The molecule has 1 aliphatic heterocycles. The quantitative estimate of drug-likeness (QED) is 0.585. The van der Waals surface area contributed by atoms with Crippen LogP contribution in [-0.4, -0.2) is 42.6 Å². The topological polar surface area (TPSA) is 67.9 Å². The maximum Gasteiger partial charge on any atom is 0.229 e. The average Bonchev–Trinajstić information content (AvgIpc) is 2.85. The molecule has 0 bridgehead atoms. The van der Waals surface area contributed by atoms with Crippen molar-refractivity contribution in [2.75, 3.05) is 13.7 Å². The summed E-state index contributed by atoms with van der Waals surface area (Å²) < 4.78 is 6.18. The summed E-state index contributed by atoms with van der Waals surface area (Å²) >= 11 is 0. The molecule has 29 heavy (non-hydrogen) atoms. The fourth-order valence-electron chi connectivity index (χ4n) is 5.71. The summed E-state index contributed by atoms with van der Waals surface area (Å²) in [5, 5.41) is 0. The van der Waals surface area contributed by atoms with Gasteiger partial charge in [0.25, 0.3) is 0 Å². The zero-order valence-electron chi connectivity index (χ0n) is 18.8. The largest absolute Gasteiger partial charge is 0.378 e. The van der Waals surface area contributed by atoms with Crippen molar-refractivity contribution in [2.24, 2.45) is 28.5 Å². The summed E-state index contributed by atoms with van der Waals surface area (Å²) in [6.45, 7) is 3.08. The van der Waals surface area contributed by atoms with Crippen LogP contribution in [-0.2, 0) is 9.53 Å². The van der Waals surface area contributed by atoms with Crippen LogP contribution >= 0.6 is 0 Å². The van der Waals surface area contributed by atoms with E-state index in [2.05, 4.69) is 6.92 Å². The van der Waals surface area contributed by atoms with Crippen LogP contribution in [0.3, 0.4) is 0 Å². The minimum absolute atomic E-state index is 0.130. The first-order valence-corrected chi connectivity index (χ1v) is 12.3. The molecule has 3 aliphatic rings. The van der Waals surface area contributed by atoms with Crippen molar-refractivity contribution in [3.63, 3.8) is 0 Å². The minimum Gasteiger partial charge on any atom is -0.378 e. The van der Waals surface area contributed by atoms with Crippen molar-refractivity contribution in [3.8, 4) is 0 Å². The van der Waals surface area contributed by atoms with Gasteiger partial charge in [-0.05, 0) is 56.3 Å². The smallest absolute Gasteiger partial charge is 0.229 e. The van der Waals surface area contributed by atoms with Crippen LogP contribution in [0.1, 0.15) is 96.8 Å². The number of ether oxygens (including phenoxy) is 1. The van der Waals surface area contributed by atoms with Gasteiger partial charge in [-0.15, -0.1) is 0 Å². The lowest BCUT2D eigenvalue weighted by Gasteiger charge is -2.37. The zero-order valence-corrected chi connectivity index (χ0v) is 18.8. The molecule has 1 amide bonds. The van der Waals surface area contributed by atoms with Crippen molar-refractivity contribution in [2.45, 2.75) is 109 Å². The van der Waals surface area contributed by atoms with E-state index >= 15 is 0 Å². The van der Waals surface area contributed by atoms with Gasteiger partial charge in [0, 0.05) is 20.1 Å². The Morgan fingerprint density at radius 3 is 2.66 bits per heavy atom. The highest BCUT2D eigenvalue weighted by Crippen LogP contribution is 2.39. The Labute approximate surface area is 177 Å². The van der Waals surface area contributed by atoms with Gasteiger partial charge in [0.1, 0.15) is 0 Å². The van der Waals surface area contributed by atoms with E-state index in [9.17, 15) is 4.79 Å². The van der Waals surface area contributed by atoms with Crippen molar-refractivity contribution in [1.82, 2.24) is 4.90 Å². The zero-order chi connectivity index (χ0) is 20.6. The number of hydrogen-bond donors (Lipinski definition) is 1. The summed E-state index contributed by atoms with van der Waals surface area (Å²) in [4.78, 5) is 19.2. The fraction of sp³-hybridized carbons (Fsp3) is 0.917. The monoisotopic (exact) mass is 405 g/mol. The van der Waals surface area contributed by atoms with Crippen LogP contribution in [0.4, 0.5) is 0 Å². The molecule has 166 valence electrons. The van der Waals surface area contributed by atoms with E-state index < -0.39 is 0 Å². The Morgan fingerprint density at radius 1 is 1.10 bits per heavy atom. The first-order valence-electron chi connectivity index (χ1n) is 12.3. The minimum atomic E-state index is 0.130. The fourth-order valence-corrected chi connectivity index (χ4v) is 5.71. The van der Waals surface area contributed by atoms with E-state index in [4.69, 9.17) is 15.5 Å². The van der Waals surface area contributed by atoms with Crippen molar-refractivity contribution in [1.29, 1.82) is 0 Å². The highest BCUT2D eigenvalue weighted by molar-refractivity contribution is 5.96. The predicted molar refractivity (Wildman–Crippen MR) is 119 cm³/mol. The maximum atomic E-state index is 12.8. The van der Waals surface area contributed by atoms with Crippen LogP contribution < -0.4 is 5.73 Å². The summed E-state index contributed by atoms with van der Waals surface area (Å²) in [5.74, 6) is 2.23. The highest BCUT2D eigenvalue weighted by Gasteiger charge is 2.38. The van der Waals surface area contributed by atoms with Crippen LogP contribution in [0.2, 0.25) is 0 Å². The lowest BCUT2D eigenvalue weighted by atomic mass is 9.72. The Hall–Kier alpha value is -1.10. The number of carbonyl (C=O) groups is 1. The molecule has 0 aromatic rings. The third-order valence-electron chi connectivity index (χ3n) is 7.64. The lowest BCUT2D eigenvalue weighted by Crippen LogP contribution is -2.38. The van der Waals surface area contributed by atoms with Gasteiger partial charge in [-0.1, -0.05) is 51.9 Å². The van der Waals surface area contributed by atoms with Crippen LogP contribution in [0.15, 0.2) is 4.99 Å². The molecule has 3 unspecified atom stereocenters. The SMILES string of the molecule is CCCCOC1CCCC([C@@H]2CC(=O)N(C)C(N)=NC2CCC2CCCCC2)C1. The van der Waals surface area contributed by atoms with Gasteiger partial charge in [-0.3, -0.25) is 9.69 Å². The third kappa shape index (κ3) is 6.44. The second kappa shape index (κ2) is 11.3. The molecule has 0 aromatic carbocycles. The number of rotatable bonds is 8. The lowest BCUT2D eigenvalue weighted by molar-refractivity contribution is -0.128. The molecule has 2 N–H and O–H groups in total. The number of nitrogens with two attached hydrogens (primary N) is 1. The number of carbonyl (C=O) groups excluding carboxylic acids is 1. The first-order chi connectivity index (χ1) is 14.1. The van der Waals surface area contributed by atoms with Gasteiger partial charge in [0.05, 0.1) is 12.1 Å². The van der Waals surface area contributed by atoms with E-state index in [1.54, 1.807) is 11.9 Å². The molecule has 0 spiro atoms. The molecule has 0 saturated heterocycles. The van der Waals surface area contributed by atoms with Crippen molar-refractivity contribution in [3.05, 3.63) is 0 Å². The molecule has 0 aromatic heterocycles. The van der Waals surface area contributed by atoms with Crippen molar-refractivity contribution >= 4 is 11.9 Å². The Morgan fingerprint density at radius 2 is 1.90 bits per heavy atom. The van der Waals surface area contributed by atoms with Gasteiger partial charge in [-0.2, -0.15) is 0 Å². The molecule has 5 nitrogen and oxygen atoms in total. The Balaban J connectivity index is 1.66. The summed E-state index contributed by atoms with van der Waals surface area (Å²) in [6.07, 6.45) is 17.1. The van der Waals surface area contributed by atoms with Crippen LogP contribution in [0.25, 0.3) is 0 Å². The highest BCUT2D eigenvalue weighted by atomic mass is 16.5. The number of nitrogens with zero attached hydrogens (tertiary/aromatic N) is 2. The number of unbranched alkanes of at least 4 members (excludes halogenated alkanes) is 1. The molecule has 2 aliphatic carbocycles. The molecule has 3 rings (SSSR count). The number of guanidine groups is 1. The van der Waals surface area contributed by atoms with E-state index in [0.29, 0.717) is 30.3 Å². The van der Waals surface area contributed by atoms with E-state index in [1.165, 1.54) is 64.2 Å². The Kier molecular flexibility index (Phi) is 8.83. The van der Waals surface area contributed by atoms with Gasteiger partial charge < -0.3 is 10.5 Å². The Bertz CT molecular complexity index is 544. The molecule has 1 heterocycles. The average molecular weight is 406 g/mol. The standard InChI is InChI=1S/C24H43N3O2/c1-3-4-15-29-20-12-8-11-19(16-20)21-17-23(28)27(2)24(25)26-22(21)14-13-18-9-6-5-7-10-18/h18-22H,3-17H2,1-2H3,(H2,25,26)/t19?,20?,21-,22?/m0/s1.